The number of carboxylic acids is 1. The Balaban J connectivity index is 2.97. The second-order valence-electron chi connectivity index (χ2n) is 3.01. The minimum atomic E-state index is -0.948. The minimum Gasteiger partial charge on any atom is -0.481 e. The van der Waals surface area contributed by atoms with Crippen molar-refractivity contribution in [1.29, 1.82) is 5.26 Å². The molecule has 0 aliphatic rings. The molecule has 0 aliphatic heterocycles. The standard InChI is InChI=1S/C12H9NO2/c1-9-5-6-10(8-13)7-11(9)3-2-4-12(14)15/h5-7H,4H2,1H3,(H,14,15). The number of carbonyl (C=O) groups is 1. The first-order valence-corrected chi connectivity index (χ1v) is 4.35. The maximum atomic E-state index is 10.2. The highest BCUT2D eigenvalue weighted by Gasteiger charge is 1.97. The van der Waals surface area contributed by atoms with Gasteiger partial charge in [-0.25, -0.2) is 0 Å². The Bertz CT molecular complexity index is 487. The molecule has 0 heterocycles. The first kappa shape index (κ1) is 10.8. The van der Waals surface area contributed by atoms with Gasteiger partial charge in [0.1, 0.15) is 6.42 Å². The van der Waals surface area contributed by atoms with Crippen molar-refractivity contribution in [3.63, 3.8) is 0 Å². The summed E-state index contributed by atoms with van der Waals surface area (Å²) in [6, 6.07) is 7.17. The number of nitriles is 1. The Morgan fingerprint density at radius 2 is 2.27 bits per heavy atom. The van der Waals surface area contributed by atoms with Crippen LogP contribution in [0.1, 0.15) is 23.1 Å². The van der Waals surface area contributed by atoms with E-state index in [0.717, 1.165) is 5.56 Å². The third-order valence-electron chi connectivity index (χ3n) is 1.83. The van der Waals surface area contributed by atoms with Gasteiger partial charge < -0.3 is 5.11 Å². The van der Waals surface area contributed by atoms with Gasteiger partial charge in [0.05, 0.1) is 11.6 Å². The second kappa shape index (κ2) is 4.83. The van der Waals surface area contributed by atoms with Crippen molar-refractivity contribution >= 4 is 5.97 Å². The average Bonchev–Trinajstić information content (AvgIpc) is 2.20. The molecule has 0 saturated carbocycles. The zero-order valence-electron chi connectivity index (χ0n) is 8.24. The van der Waals surface area contributed by atoms with Crippen molar-refractivity contribution in [3.8, 4) is 17.9 Å². The highest BCUT2D eigenvalue weighted by atomic mass is 16.4. The van der Waals surface area contributed by atoms with Crippen molar-refractivity contribution in [3.05, 3.63) is 34.9 Å². The summed E-state index contributed by atoms with van der Waals surface area (Å²) in [6.45, 7) is 1.87. The number of hydrogen-bond donors (Lipinski definition) is 1. The Labute approximate surface area is 88.0 Å². The van der Waals surface area contributed by atoms with E-state index in [0.29, 0.717) is 11.1 Å². The van der Waals surface area contributed by atoms with E-state index < -0.39 is 5.97 Å². The van der Waals surface area contributed by atoms with E-state index in [1.807, 2.05) is 13.0 Å². The van der Waals surface area contributed by atoms with Gasteiger partial charge in [-0.15, -0.1) is 0 Å². The van der Waals surface area contributed by atoms with Crippen LogP contribution in [0.15, 0.2) is 18.2 Å². The molecule has 0 aromatic heterocycles. The fourth-order valence-corrected chi connectivity index (χ4v) is 1.04. The summed E-state index contributed by atoms with van der Waals surface area (Å²) in [5.41, 5.74) is 2.17. The molecule has 0 bridgehead atoms. The molecular formula is C12H9NO2. The van der Waals surface area contributed by atoms with Crippen LogP contribution in [0, 0.1) is 30.1 Å². The third kappa shape index (κ3) is 3.17. The molecule has 1 N–H and O–H groups in total. The summed E-state index contributed by atoms with van der Waals surface area (Å²) in [4.78, 5) is 10.2. The predicted octanol–water partition coefficient (Wildman–Crippen LogP) is 1.69. The quantitative estimate of drug-likeness (QED) is 0.700. The van der Waals surface area contributed by atoms with E-state index in [1.165, 1.54) is 0 Å². The number of carboxylic acid groups (broad SMARTS) is 1. The van der Waals surface area contributed by atoms with Crippen LogP contribution < -0.4 is 0 Å². The van der Waals surface area contributed by atoms with Crippen LogP contribution in [-0.2, 0) is 4.79 Å². The van der Waals surface area contributed by atoms with Crippen molar-refractivity contribution in [2.24, 2.45) is 0 Å². The number of benzene rings is 1. The number of rotatable bonds is 1. The summed E-state index contributed by atoms with van der Waals surface area (Å²) in [6.07, 6.45) is -0.184. The summed E-state index contributed by atoms with van der Waals surface area (Å²) in [5.74, 6) is 4.32. The summed E-state index contributed by atoms with van der Waals surface area (Å²) < 4.78 is 0. The molecule has 0 spiro atoms. The molecule has 3 heteroatoms. The Morgan fingerprint density at radius 1 is 1.53 bits per heavy atom. The molecule has 0 radical (unpaired) electrons. The van der Waals surface area contributed by atoms with E-state index in [9.17, 15) is 4.79 Å². The smallest absolute Gasteiger partial charge is 0.315 e. The van der Waals surface area contributed by atoms with Crippen LogP contribution >= 0.6 is 0 Å². The number of hydrogen-bond acceptors (Lipinski definition) is 2. The monoisotopic (exact) mass is 199 g/mol. The number of aliphatic carboxylic acids is 1. The Morgan fingerprint density at radius 3 is 2.87 bits per heavy atom. The third-order valence-corrected chi connectivity index (χ3v) is 1.83. The van der Waals surface area contributed by atoms with Crippen LogP contribution in [-0.4, -0.2) is 11.1 Å². The lowest BCUT2D eigenvalue weighted by atomic mass is 10.1. The fraction of sp³-hybridized carbons (Fsp3) is 0.167. The number of nitrogens with zero attached hydrogens (tertiary/aromatic N) is 1. The van der Waals surface area contributed by atoms with Gasteiger partial charge >= 0.3 is 5.97 Å². The van der Waals surface area contributed by atoms with E-state index in [2.05, 4.69) is 11.8 Å². The van der Waals surface area contributed by atoms with Gasteiger partial charge in [-0.1, -0.05) is 17.9 Å². The van der Waals surface area contributed by atoms with Crippen molar-refractivity contribution in [2.45, 2.75) is 13.3 Å². The average molecular weight is 199 g/mol. The summed E-state index contributed by atoms with van der Waals surface area (Å²) in [7, 11) is 0. The summed E-state index contributed by atoms with van der Waals surface area (Å²) in [5, 5.41) is 17.1. The van der Waals surface area contributed by atoms with Crippen LogP contribution in [0.5, 0.6) is 0 Å². The lowest BCUT2D eigenvalue weighted by molar-refractivity contribution is -0.135. The molecule has 0 fully saturated rings. The number of aryl methyl sites for hydroxylation is 1. The fourth-order valence-electron chi connectivity index (χ4n) is 1.04. The van der Waals surface area contributed by atoms with Gasteiger partial charge in [0.2, 0.25) is 0 Å². The first-order chi connectivity index (χ1) is 7.13. The summed E-state index contributed by atoms with van der Waals surface area (Å²) >= 11 is 0. The topological polar surface area (TPSA) is 61.1 Å². The maximum Gasteiger partial charge on any atom is 0.315 e. The minimum absolute atomic E-state index is 0.184. The van der Waals surface area contributed by atoms with Gasteiger partial charge in [-0.3, -0.25) is 4.79 Å². The van der Waals surface area contributed by atoms with E-state index in [1.54, 1.807) is 18.2 Å². The van der Waals surface area contributed by atoms with Gasteiger partial charge in [0.15, 0.2) is 0 Å². The Hall–Kier alpha value is -2.26. The van der Waals surface area contributed by atoms with Crippen LogP contribution in [0.25, 0.3) is 0 Å². The molecule has 0 unspecified atom stereocenters. The van der Waals surface area contributed by atoms with Gasteiger partial charge in [0.25, 0.3) is 0 Å². The van der Waals surface area contributed by atoms with Crippen molar-refractivity contribution in [1.82, 2.24) is 0 Å². The second-order valence-corrected chi connectivity index (χ2v) is 3.01. The van der Waals surface area contributed by atoms with Crippen molar-refractivity contribution < 1.29 is 9.90 Å². The maximum absolute atomic E-state index is 10.2. The van der Waals surface area contributed by atoms with Gasteiger partial charge in [-0.05, 0) is 24.6 Å². The van der Waals surface area contributed by atoms with Gasteiger partial charge in [-0.2, -0.15) is 5.26 Å². The highest BCUT2D eigenvalue weighted by molar-refractivity contribution is 5.70. The highest BCUT2D eigenvalue weighted by Crippen LogP contribution is 2.09. The molecule has 74 valence electrons. The molecule has 0 aliphatic carbocycles. The van der Waals surface area contributed by atoms with E-state index in [4.69, 9.17) is 10.4 Å². The molecule has 3 nitrogen and oxygen atoms in total. The van der Waals surface area contributed by atoms with Crippen molar-refractivity contribution in [2.75, 3.05) is 0 Å². The molecule has 1 aromatic carbocycles. The molecule has 15 heavy (non-hydrogen) atoms. The molecular weight excluding hydrogens is 190 g/mol. The lowest BCUT2D eigenvalue weighted by Crippen LogP contribution is -1.91. The zero-order valence-corrected chi connectivity index (χ0v) is 8.24. The molecule has 0 amide bonds. The Kier molecular flexibility index (Phi) is 3.49. The largest absolute Gasteiger partial charge is 0.481 e. The lowest BCUT2D eigenvalue weighted by Gasteiger charge is -1.97. The predicted molar refractivity (Wildman–Crippen MR) is 55.0 cm³/mol. The normalized spacial score (nSPS) is 8.53. The first-order valence-electron chi connectivity index (χ1n) is 4.35. The SMILES string of the molecule is Cc1ccc(C#N)cc1C#CCC(=O)O. The van der Waals surface area contributed by atoms with Crippen LogP contribution in [0.2, 0.25) is 0 Å². The molecule has 1 aromatic rings. The van der Waals surface area contributed by atoms with Gasteiger partial charge in [0, 0.05) is 5.56 Å². The molecule has 0 saturated heterocycles. The van der Waals surface area contributed by atoms with Crippen LogP contribution in [0.4, 0.5) is 0 Å². The van der Waals surface area contributed by atoms with E-state index in [-0.39, 0.29) is 6.42 Å². The van der Waals surface area contributed by atoms with Crippen LogP contribution in [0.3, 0.4) is 0 Å². The van der Waals surface area contributed by atoms with E-state index >= 15 is 0 Å². The molecule has 1 rings (SSSR count). The zero-order chi connectivity index (χ0) is 11.3. The molecule has 0 atom stereocenters.